The van der Waals surface area contributed by atoms with Gasteiger partial charge in [0, 0.05) is 37.1 Å². The monoisotopic (exact) mass is 545 g/mol. The summed E-state index contributed by atoms with van der Waals surface area (Å²) >= 11 is 0. The van der Waals surface area contributed by atoms with E-state index >= 15 is 0 Å². The first-order chi connectivity index (χ1) is 18.5. The third-order valence-electron chi connectivity index (χ3n) is 5.92. The molecular formula is C28H31F4N5O2. The van der Waals surface area contributed by atoms with E-state index in [1.165, 1.54) is 25.6 Å². The highest BCUT2D eigenvalue weighted by atomic mass is 19.4. The van der Waals surface area contributed by atoms with Crippen LogP contribution in [-0.2, 0) is 10.9 Å². The number of halogens is 4. The molecule has 1 aromatic carbocycles. The van der Waals surface area contributed by atoms with Gasteiger partial charge in [-0.3, -0.25) is 4.79 Å². The highest BCUT2D eigenvalue weighted by Gasteiger charge is 2.31. The largest absolute Gasteiger partial charge is 0.416 e. The topological polar surface area (TPSA) is 82.8 Å². The summed E-state index contributed by atoms with van der Waals surface area (Å²) in [5.74, 6) is -1.03. The number of benzene rings is 1. The van der Waals surface area contributed by atoms with Crippen LogP contribution in [0.15, 0.2) is 53.7 Å². The Morgan fingerprint density at radius 1 is 0.949 bits per heavy atom. The Bertz CT molecular complexity index is 1440. The van der Waals surface area contributed by atoms with Crippen molar-refractivity contribution in [1.29, 1.82) is 0 Å². The molecule has 0 atom stereocenters. The quantitative estimate of drug-likeness (QED) is 0.268. The molecule has 1 saturated heterocycles. The van der Waals surface area contributed by atoms with Crippen LogP contribution in [-0.4, -0.2) is 37.7 Å². The second-order valence-electron chi connectivity index (χ2n) is 9.19. The van der Waals surface area contributed by atoms with Crippen molar-refractivity contribution in [2.75, 3.05) is 13.2 Å². The van der Waals surface area contributed by atoms with Crippen LogP contribution in [0.5, 0.6) is 0 Å². The molecule has 0 aliphatic carbocycles. The summed E-state index contributed by atoms with van der Waals surface area (Å²) in [7, 11) is 0. The van der Waals surface area contributed by atoms with E-state index in [0.29, 0.717) is 17.5 Å². The van der Waals surface area contributed by atoms with Gasteiger partial charge in [-0.1, -0.05) is 6.07 Å². The van der Waals surface area contributed by atoms with Crippen LogP contribution in [0.4, 0.5) is 17.6 Å². The smallest absolute Gasteiger partial charge is 0.381 e. The lowest BCUT2D eigenvalue weighted by Gasteiger charge is -2.10. The van der Waals surface area contributed by atoms with Crippen LogP contribution in [0, 0.1) is 19.7 Å². The van der Waals surface area contributed by atoms with Gasteiger partial charge < -0.3 is 9.30 Å². The molecule has 5 rings (SSSR count). The van der Waals surface area contributed by atoms with Crippen LogP contribution >= 0.6 is 0 Å². The Morgan fingerprint density at radius 3 is 2.15 bits per heavy atom. The van der Waals surface area contributed by atoms with Crippen molar-refractivity contribution >= 4 is 11.2 Å². The number of nitrogens with zero attached hydrogens (tertiary/aromatic N) is 5. The minimum atomic E-state index is -4.61. The molecule has 1 fully saturated rings. The summed E-state index contributed by atoms with van der Waals surface area (Å²) in [4.78, 5) is 27.5. The molecule has 0 N–H and O–H groups in total. The lowest BCUT2D eigenvalue weighted by Crippen LogP contribution is -2.19. The van der Waals surface area contributed by atoms with E-state index in [-0.39, 0.29) is 34.0 Å². The lowest BCUT2D eigenvalue weighted by atomic mass is 10.1. The minimum Gasteiger partial charge on any atom is -0.381 e. The molecule has 11 heteroatoms. The predicted octanol–water partition coefficient (Wildman–Crippen LogP) is 6.48. The van der Waals surface area contributed by atoms with E-state index in [2.05, 4.69) is 19.9 Å². The van der Waals surface area contributed by atoms with Crippen LogP contribution in [0.2, 0.25) is 0 Å². The van der Waals surface area contributed by atoms with Crippen molar-refractivity contribution in [2.24, 2.45) is 0 Å². The average molecular weight is 546 g/mol. The molecule has 0 bridgehead atoms. The summed E-state index contributed by atoms with van der Waals surface area (Å²) in [5, 5.41) is 0. The molecule has 0 amide bonds. The number of ether oxygens (including phenoxy) is 1. The normalized spacial score (nSPS) is 13.4. The zero-order valence-electron chi connectivity index (χ0n) is 22.3. The fourth-order valence-electron chi connectivity index (χ4n) is 3.68. The second-order valence-corrected chi connectivity index (χ2v) is 9.19. The van der Waals surface area contributed by atoms with Crippen molar-refractivity contribution in [3.05, 3.63) is 82.0 Å². The molecule has 4 heterocycles. The first-order valence-corrected chi connectivity index (χ1v) is 12.6. The van der Waals surface area contributed by atoms with E-state index in [4.69, 9.17) is 4.74 Å². The highest BCUT2D eigenvalue weighted by Crippen LogP contribution is 2.33. The van der Waals surface area contributed by atoms with E-state index in [1.807, 2.05) is 19.9 Å². The molecule has 1 aliphatic rings. The maximum absolute atomic E-state index is 14.2. The summed E-state index contributed by atoms with van der Waals surface area (Å²) in [5.41, 5.74) is 0.815. The van der Waals surface area contributed by atoms with Gasteiger partial charge >= 0.3 is 6.18 Å². The summed E-state index contributed by atoms with van der Waals surface area (Å²) < 4.78 is 58.8. The molecule has 0 spiro atoms. The first kappa shape index (κ1) is 29.8. The fourth-order valence-corrected chi connectivity index (χ4v) is 3.68. The Kier molecular flexibility index (Phi) is 10.2. The van der Waals surface area contributed by atoms with Crippen LogP contribution in [0.1, 0.15) is 56.1 Å². The van der Waals surface area contributed by atoms with Gasteiger partial charge in [0.25, 0.3) is 5.56 Å². The van der Waals surface area contributed by atoms with Gasteiger partial charge in [-0.2, -0.15) is 13.2 Å². The van der Waals surface area contributed by atoms with Gasteiger partial charge in [0.1, 0.15) is 23.4 Å². The molecule has 1 aliphatic heterocycles. The van der Waals surface area contributed by atoms with E-state index in [0.717, 1.165) is 25.3 Å². The minimum absolute atomic E-state index is 0.0671. The van der Waals surface area contributed by atoms with Crippen LogP contribution in [0.3, 0.4) is 0 Å². The SMILES string of the molecule is C1CCOCC1.CC(C)n1ccccc1=O.Cc1nc2ncnc(-c3ccc(C(F)(F)F)cc3F)c2nc1C. The van der Waals surface area contributed by atoms with E-state index in [1.54, 1.807) is 36.7 Å². The molecule has 208 valence electrons. The number of aromatic nitrogens is 5. The molecule has 0 saturated carbocycles. The third-order valence-corrected chi connectivity index (χ3v) is 5.92. The van der Waals surface area contributed by atoms with Gasteiger partial charge in [-0.25, -0.2) is 24.3 Å². The van der Waals surface area contributed by atoms with Gasteiger partial charge in [0.2, 0.25) is 0 Å². The maximum atomic E-state index is 14.2. The van der Waals surface area contributed by atoms with Gasteiger partial charge in [-0.15, -0.1) is 0 Å². The zero-order chi connectivity index (χ0) is 28.6. The summed E-state index contributed by atoms with van der Waals surface area (Å²) in [6.45, 7) is 9.45. The molecule has 39 heavy (non-hydrogen) atoms. The van der Waals surface area contributed by atoms with Crippen molar-refractivity contribution in [3.63, 3.8) is 0 Å². The number of hydrogen-bond donors (Lipinski definition) is 0. The Morgan fingerprint density at radius 2 is 1.64 bits per heavy atom. The molecule has 0 radical (unpaired) electrons. The van der Waals surface area contributed by atoms with Gasteiger partial charge in [0.05, 0.1) is 17.0 Å². The number of rotatable bonds is 2. The summed E-state index contributed by atoms with van der Waals surface area (Å²) in [6.07, 6.45) is 2.30. The fraction of sp³-hybridized carbons (Fsp3) is 0.393. The molecule has 4 aromatic rings. The highest BCUT2D eigenvalue weighted by molar-refractivity contribution is 5.86. The van der Waals surface area contributed by atoms with E-state index in [9.17, 15) is 22.4 Å². The van der Waals surface area contributed by atoms with Gasteiger partial charge in [-0.05, 0) is 71.2 Å². The van der Waals surface area contributed by atoms with E-state index < -0.39 is 17.6 Å². The Hall–Kier alpha value is -3.73. The number of fused-ring (bicyclic) bond motifs is 1. The Balaban J connectivity index is 0.000000214. The molecule has 3 aromatic heterocycles. The molecule has 7 nitrogen and oxygen atoms in total. The standard InChI is InChI=1S/C15H10F4N4.C8H11NO.C5H10O/c1-7-8(2)23-14-13(22-7)12(20-6-21-14)10-4-3-9(5-11(10)16)15(17,18)19;1-7(2)9-6-4-3-5-8(9)10;1-2-4-6-5-3-1/h3-6H,1-2H3;3-7H,1-2H3;1-5H2. The van der Waals surface area contributed by atoms with Crippen molar-refractivity contribution in [3.8, 4) is 11.3 Å². The number of pyridine rings is 1. The number of alkyl halides is 3. The number of aryl methyl sites for hydroxylation is 2. The predicted molar refractivity (Wildman–Crippen MR) is 141 cm³/mol. The van der Waals surface area contributed by atoms with Crippen LogP contribution in [0.25, 0.3) is 22.4 Å². The van der Waals surface area contributed by atoms with Crippen LogP contribution < -0.4 is 5.56 Å². The first-order valence-electron chi connectivity index (χ1n) is 12.6. The third kappa shape index (κ3) is 8.13. The second kappa shape index (κ2) is 13.4. The maximum Gasteiger partial charge on any atom is 0.416 e. The molecular weight excluding hydrogens is 514 g/mol. The Labute approximate surface area is 223 Å². The zero-order valence-corrected chi connectivity index (χ0v) is 22.3. The van der Waals surface area contributed by atoms with Gasteiger partial charge in [0.15, 0.2) is 5.65 Å². The number of hydrogen-bond acceptors (Lipinski definition) is 6. The lowest BCUT2D eigenvalue weighted by molar-refractivity contribution is -0.137. The average Bonchev–Trinajstić information content (AvgIpc) is 2.90. The van der Waals surface area contributed by atoms with Crippen molar-refractivity contribution in [2.45, 2.75) is 59.2 Å². The van der Waals surface area contributed by atoms with Crippen molar-refractivity contribution in [1.82, 2.24) is 24.5 Å². The van der Waals surface area contributed by atoms with Crippen molar-refractivity contribution < 1.29 is 22.3 Å². The summed E-state index contributed by atoms with van der Waals surface area (Å²) in [6, 6.07) is 7.73. The molecule has 0 unspecified atom stereocenters.